The number of methoxy groups -OCH3 is 2. The van der Waals surface area contributed by atoms with Crippen molar-refractivity contribution in [1.82, 2.24) is 9.80 Å². The van der Waals surface area contributed by atoms with Gasteiger partial charge in [0.25, 0.3) is 5.91 Å². The predicted molar refractivity (Wildman–Crippen MR) is 107 cm³/mol. The van der Waals surface area contributed by atoms with Crippen molar-refractivity contribution in [3.63, 3.8) is 0 Å². The van der Waals surface area contributed by atoms with Crippen LogP contribution in [-0.2, 0) is 17.4 Å². The number of rotatable bonds is 5. The van der Waals surface area contributed by atoms with Gasteiger partial charge in [-0.05, 0) is 29.8 Å². The lowest BCUT2D eigenvalue weighted by atomic mass is 10.1. The molecule has 6 nitrogen and oxygen atoms in total. The molecule has 1 saturated heterocycles. The number of nitrogens with zero attached hydrogens (tertiary/aromatic N) is 2. The molecule has 1 fully saturated rings. The zero-order valence-corrected chi connectivity index (χ0v) is 17.2. The largest absolute Gasteiger partial charge is 0.493 e. The number of carbonyl (C=O) groups is 2. The molecule has 0 bridgehead atoms. The molecule has 2 aromatic rings. The van der Waals surface area contributed by atoms with E-state index in [0.717, 1.165) is 11.6 Å². The van der Waals surface area contributed by atoms with Gasteiger partial charge in [-0.25, -0.2) is 0 Å². The van der Waals surface area contributed by atoms with Crippen molar-refractivity contribution >= 4 is 11.8 Å². The average molecular weight is 436 g/mol. The number of halogens is 3. The Morgan fingerprint density at radius 1 is 0.903 bits per heavy atom. The van der Waals surface area contributed by atoms with Crippen LogP contribution in [0.15, 0.2) is 42.5 Å². The van der Waals surface area contributed by atoms with E-state index in [1.165, 1.54) is 37.3 Å². The minimum atomic E-state index is -4.61. The molecule has 2 amide bonds. The number of hydrogen-bond acceptors (Lipinski definition) is 4. The number of ether oxygens (including phenoxy) is 2. The monoisotopic (exact) mass is 436 g/mol. The fourth-order valence-corrected chi connectivity index (χ4v) is 3.52. The Kier molecular flexibility index (Phi) is 6.72. The van der Waals surface area contributed by atoms with Gasteiger partial charge in [-0.1, -0.05) is 18.2 Å². The first-order valence-corrected chi connectivity index (χ1v) is 9.68. The molecule has 0 aliphatic carbocycles. The van der Waals surface area contributed by atoms with Crippen molar-refractivity contribution in [2.24, 2.45) is 0 Å². The third-order valence-corrected chi connectivity index (χ3v) is 5.19. The first kappa shape index (κ1) is 22.5. The van der Waals surface area contributed by atoms with Crippen LogP contribution >= 0.6 is 0 Å². The highest BCUT2D eigenvalue weighted by Crippen LogP contribution is 2.32. The predicted octanol–water partition coefficient (Wildman–Crippen LogP) is 3.25. The van der Waals surface area contributed by atoms with Gasteiger partial charge in [0.1, 0.15) is 0 Å². The topological polar surface area (TPSA) is 59.1 Å². The second kappa shape index (κ2) is 9.28. The van der Waals surface area contributed by atoms with E-state index in [1.807, 2.05) is 0 Å². The van der Waals surface area contributed by atoms with E-state index in [0.29, 0.717) is 11.5 Å². The molecule has 31 heavy (non-hydrogen) atoms. The molecule has 1 aliphatic heterocycles. The van der Waals surface area contributed by atoms with Gasteiger partial charge in [-0.15, -0.1) is 0 Å². The van der Waals surface area contributed by atoms with Gasteiger partial charge in [0.15, 0.2) is 11.5 Å². The van der Waals surface area contributed by atoms with Crippen LogP contribution < -0.4 is 9.47 Å². The minimum Gasteiger partial charge on any atom is -0.493 e. The van der Waals surface area contributed by atoms with Gasteiger partial charge in [0, 0.05) is 26.2 Å². The zero-order chi connectivity index (χ0) is 22.6. The van der Waals surface area contributed by atoms with Crippen LogP contribution in [0.3, 0.4) is 0 Å². The molecule has 1 heterocycles. The summed E-state index contributed by atoms with van der Waals surface area (Å²) >= 11 is 0. The van der Waals surface area contributed by atoms with Gasteiger partial charge in [-0.3, -0.25) is 9.59 Å². The summed E-state index contributed by atoms with van der Waals surface area (Å²) in [5.41, 5.74) is -0.577. The molecule has 0 atom stereocenters. The van der Waals surface area contributed by atoms with E-state index in [2.05, 4.69) is 0 Å². The maximum absolute atomic E-state index is 13.2. The summed E-state index contributed by atoms with van der Waals surface area (Å²) in [6.45, 7) is 0.851. The second-order valence-electron chi connectivity index (χ2n) is 7.08. The number of piperazine rings is 1. The van der Waals surface area contributed by atoms with Crippen molar-refractivity contribution < 1.29 is 32.2 Å². The number of hydrogen-bond donors (Lipinski definition) is 0. The van der Waals surface area contributed by atoms with Gasteiger partial charge in [0.05, 0.1) is 31.8 Å². The van der Waals surface area contributed by atoms with Crippen molar-refractivity contribution in [3.05, 3.63) is 59.2 Å². The maximum Gasteiger partial charge on any atom is 0.417 e. The number of benzene rings is 2. The molecule has 0 N–H and O–H groups in total. The molecule has 0 spiro atoms. The molecule has 3 rings (SSSR count). The summed E-state index contributed by atoms with van der Waals surface area (Å²) in [7, 11) is 3.03. The third kappa shape index (κ3) is 5.10. The minimum absolute atomic E-state index is 0.130. The molecule has 166 valence electrons. The molecule has 1 aliphatic rings. The Balaban J connectivity index is 1.62. The lowest BCUT2D eigenvalue weighted by molar-refractivity contribution is -0.138. The van der Waals surface area contributed by atoms with Crippen molar-refractivity contribution in [2.45, 2.75) is 12.6 Å². The van der Waals surface area contributed by atoms with Crippen LogP contribution in [0.4, 0.5) is 13.2 Å². The third-order valence-electron chi connectivity index (χ3n) is 5.19. The lowest BCUT2D eigenvalue weighted by Gasteiger charge is -2.35. The Hall–Kier alpha value is -3.23. The molecule has 2 aromatic carbocycles. The molecular weight excluding hydrogens is 413 g/mol. The van der Waals surface area contributed by atoms with E-state index >= 15 is 0 Å². The number of carbonyl (C=O) groups excluding carboxylic acids is 2. The fourth-order valence-electron chi connectivity index (χ4n) is 3.52. The summed E-state index contributed by atoms with van der Waals surface area (Å²) < 4.78 is 50.1. The van der Waals surface area contributed by atoms with Crippen LogP contribution in [0.2, 0.25) is 0 Å². The Bertz CT molecular complexity index is 954. The van der Waals surface area contributed by atoms with Crippen molar-refractivity contribution in [3.8, 4) is 11.5 Å². The van der Waals surface area contributed by atoms with Crippen LogP contribution in [0, 0.1) is 0 Å². The Morgan fingerprint density at radius 2 is 1.52 bits per heavy atom. The quantitative estimate of drug-likeness (QED) is 0.722. The first-order chi connectivity index (χ1) is 14.7. The first-order valence-electron chi connectivity index (χ1n) is 9.68. The average Bonchev–Trinajstić information content (AvgIpc) is 2.78. The molecule has 0 saturated carbocycles. The summed E-state index contributed by atoms with van der Waals surface area (Å²) in [6, 6.07) is 9.96. The molecule has 0 aromatic heterocycles. The molecular formula is C22H23F3N2O4. The number of alkyl halides is 3. The highest BCUT2D eigenvalue weighted by Gasteiger charge is 2.36. The highest BCUT2D eigenvalue weighted by molar-refractivity contribution is 5.96. The van der Waals surface area contributed by atoms with Gasteiger partial charge in [0.2, 0.25) is 5.91 Å². The highest BCUT2D eigenvalue weighted by atomic mass is 19.4. The maximum atomic E-state index is 13.2. The Labute approximate surface area is 178 Å². The van der Waals surface area contributed by atoms with Crippen molar-refractivity contribution in [2.75, 3.05) is 40.4 Å². The van der Waals surface area contributed by atoms with E-state index in [4.69, 9.17) is 9.47 Å². The summed E-state index contributed by atoms with van der Waals surface area (Å²) in [5, 5.41) is 0. The van der Waals surface area contributed by atoms with E-state index in [-0.39, 0.29) is 44.1 Å². The van der Waals surface area contributed by atoms with Gasteiger partial charge < -0.3 is 19.3 Å². The molecule has 9 heteroatoms. The van der Waals surface area contributed by atoms with E-state index in [1.54, 1.807) is 23.1 Å². The van der Waals surface area contributed by atoms with E-state index < -0.39 is 17.6 Å². The summed E-state index contributed by atoms with van der Waals surface area (Å²) in [4.78, 5) is 28.3. The number of amides is 2. The van der Waals surface area contributed by atoms with E-state index in [9.17, 15) is 22.8 Å². The molecule has 0 radical (unpaired) electrons. The smallest absolute Gasteiger partial charge is 0.417 e. The summed E-state index contributed by atoms with van der Waals surface area (Å²) in [5.74, 6) is 0.270. The van der Waals surface area contributed by atoms with Crippen LogP contribution in [0.1, 0.15) is 21.5 Å². The normalized spacial score (nSPS) is 14.4. The molecule has 0 unspecified atom stereocenters. The van der Waals surface area contributed by atoms with Gasteiger partial charge >= 0.3 is 6.18 Å². The zero-order valence-electron chi connectivity index (χ0n) is 17.2. The van der Waals surface area contributed by atoms with Crippen LogP contribution in [0.5, 0.6) is 11.5 Å². The van der Waals surface area contributed by atoms with Crippen LogP contribution in [0.25, 0.3) is 0 Å². The van der Waals surface area contributed by atoms with Gasteiger partial charge in [-0.2, -0.15) is 13.2 Å². The lowest BCUT2D eigenvalue weighted by Crippen LogP contribution is -2.51. The standard InChI is InChI=1S/C22H23F3N2O4/c1-30-18-8-7-15(13-19(18)31-2)14-20(28)26-9-11-27(12-10-26)21(29)16-5-3-4-6-17(16)22(23,24)25/h3-8,13H,9-12,14H2,1-2H3. The fraction of sp³-hybridized carbons (Fsp3) is 0.364. The van der Waals surface area contributed by atoms with Crippen molar-refractivity contribution in [1.29, 1.82) is 0 Å². The summed E-state index contributed by atoms with van der Waals surface area (Å²) in [6.07, 6.45) is -4.46. The van der Waals surface area contributed by atoms with Crippen LogP contribution in [-0.4, -0.2) is 62.0 Å². The Morgan fingerprint density at radius 3 is 2.13 bits per heavy atom. The second-order valence-corrected chi connectivity index (χ2v) is 7.08. The SMILES string of the molecule is COc1ccc(CC(=O)N2CCN(C(=O)c3ccccc3C(F)(F)F)CC2)cc1OC.